The Hall–Kier alpha value is -2.61. The van der Waals surface area contributed by atoms with Crippen LogP contribution in [0.15, 0.2) is 25.3 Å². The van der Waals surface area contributed by atoms with Gasteiger partial charge in [0.2, 0.25) is 8.32 Å². The molecule has 2 heterocycles. The van der Waals surface area contributed by atoms with Crippen LogP contribution in [0.1, 0.15) is 88.0 Å². The first-order chi connectivity index (χ1) is 20.9. The van der Waals surface area contributed by atoms with E-state index >= 15 is 0 Å². The minimum atomic E-state index is -5.39. The average molecular weight is 717 g/mol. The maximum atomic E-state index is 12.3. The summed E-state index contributed by atoms with van der Waals surface area (Å²) in [6.07, 6.45) is 8.70. The molecule has 2 rings (SSSR count). The molecule has 0 aromatic carbocycles. The highest BCUT2D eigenvalue weighted by atomic mass is 32.2. The highest BCUT2D eigenvalue weighted by molar-refractivity contribution is 7.88. The Morgan fingerprint density at radius 1 is 0.830 bits per heavy atom. The number of hydrogen-bond donors (Lipinski definition) is 1. The van der Waals surface area contributed by atoms with Crippen molar-refractivity contribution in [3.05, 3.63) is 25.3 Å². The second-order valence-electron chi connectivity index (χ2n) is 14.9. The number of carbonyl (C=O) groups is 1. The Morgan fingerprint density at radius 3 is 1.51 bits per heavy atom. The largest absolute Gasteiger partial charge is 0.522 e. The van der Waals surface area contributed by atoms with Gasteiger partial charge in [-0.2, -0.15) is 40.8 Å². The number of hydrogen-bond acceptors (Lipinski definition) is 10. The number of ether oxygens (including phenoxy) is 1. The van der Waals surface area contributed by atoms with Crippen molar-refractivity contribution < 1.29 is 54.2 Å². The molecule has 0 saturated carbocycles. The number of carbonyl (C=O) groups excluding carboxylic acids is 5. The summed E-state index contributed by atoms with van der Waals surface area (Å²) in [5.74, 6) is 0. The molecular weight excluding hydrogens is 661 g/mol. The molecule has 47 heavy (non-hydrogen) atoms. The Kier molecular flexibility index (Phi) is 20.8. The van der Waals surface area contributed by atoms with Gasteiger partial charge in [0.25, 0.3) is 0 Å². The number of rotatable bonds is 4. The van der Waals surface area contributed by atoms with E-state index in [1.807, 2.05) is 37.8 Å². The van der Waals surface area contributed by atoms with Crippen molar-refractivity contribution in [3.8, 4) is 0 Å². The van der Waals surface area contributed by atoms with E-state index in [1.165, 1.54) is 32.5 Å². The zero-order valence-corrected chi connectivity index (χ0v) is 31.7. The summed E-state index contributed by atoms with van der Waals surface area (Å²) in [4.78, 5) is 46.7. The van der Waals surface area contributed by atoms with Crippen molar-refractivity contribution in [1.82, 2.24) is 10.2 Å². The van der Waals surface area contributed by atoms with Gasteiger partial charge in [0.15, 0.2) is 0 Å². The van der Waals surface area contributed by atoms with E-state index in [1.54, 1.807) is 0 Å². The molecule has 2 saturated heterocycles. The van der Waals surface area contributed by atoms with Crippen molar-refractivity contribution in [2.75, 3.05) is 0 Å². The first kappa shape index (κ1) is 48.8. The van der Waals surface area contributed by atoms with Crippen molar-refractivity contribution in [3.63, 3.8) is 0 Å². The van der Waals surface area contributed by atoms with Gasteiger partial charge in [0.1, 0.15) is 5.60 Å². The fraction of sp³-hybridized carbons (Fsp3) is 0.774. The van der Waals surface area contributed by atoms with E-state index < -0.39 is 29.5 Å². The smallest absolute Gasteiger partial charge is 0.444 e. The molecule has 2 aliphatic heterocycles. The predicted molar refractivity (Wildman–Crippen MR) is 174 cm³/mol. The van der Waals surface area contributed by atoms with Crippen LogP contribution in [0.5, 0.6) is 0 Å². The molecule has 0 bridgehead atoms. The van der Waals surface area contributed by atoms with Gasteiger partial charge in [0.05, 0.1) is 6.04 Å². The Balaban J connectivity index is -0.000000586. The molecule has 0 aromatic heterocycles. The van der Waals surface area contributed by atoms with E-state index in [0.717, 1.165) is 12.8 Å². The lowest BCUT2D eigenvalue weighted by molar-refractivity contribution is -0.193. The van der Waals surface area contributed by atoms with Crippen LogP contribution in [-0.2, 0) is 37.9 Å². The molecular formula is C31H55F3N2O9SSi. The SMILES string of the molecule is C=CC1CC[C@@H](C(C)(C)C)N1C(=O)OC(C)(C)C.C=C[C@H]1CC[C@@H](C(C)(C)C)N1.C[Si](C)(C)OS(=O)(=O)C(F)(F)F.O=C=O.O=C=O. The lowest BCUT2D eigenvalue weighted by Gasteiger charge is -2.38. The fourth-order valence-electron chi connectivity index (χ4n) is 4.51. The molecule has 0 radical (unpaired) electrons. The van der Waals surface area contributed by atoms with Crippen LogP contribution in [0.4, 0.5) is 18.0 Å². The molecule has 0 aliphatic carbocycles. The minimum absolute atomic E-state index is 0.0642. The monoisotopic (exact) mass is 716 g/mol. The Labute approximate surface area is 279 Å². The predicted octanol–water partition coefficient (Wildman–Crippen LogP) is 6.85. The van der Waals surface area contributed by atoms with E-state index in [0.29, 0.717) is 17.5 Å². The van der Waals surface area contributed by atoms with Crippen LogP contribution in [0.25, 0.3) is 0 Å². The van der Waals surface area contributed by atoms with Gasteiger partial charge in [-0.05, 0) is 76.9 Å². The first-order valence-electron chi connectivity index (χ1n) is 14.9. The maximum absolute atomic E-state index is 12.3. The van der Waals surface area contributed by atoms with E-state index in [9.17, 15) is 26.4 Å². The maximum Gasteiger partial charge on any atom is 0.522 e. The molecule has 2 fully saturated rings. The van der Waals surface area contributed by atoms with Gasteiger partial charge >= 0.3 is 34.0 Å². The third-order valence-corrected chi connectivity index (χ3v) is 9.90. The second kappa shape index (κ2) is 20.0. The Morgan fingerprint density at radius 2 is 1.28 bits per heavy atom. The molecule has 16 heteroatoms. The van der Waals surface area contributed by atoms with Gasteiger partial charge < -0.3 is 13.9 Å². The molecule has 1 amide bonds. The summed E-state index contributed by atoms with van der Waals surface area (Å²) < 4.78 is 65.2. The van der Waals surface area contributed by atoms with Crippen LogP contribution in [-0.4, -0.2) is 75.3 Å². The summed E-state index contributed by atoms with van der Waals surface area (Å²) in [6.45, 7) is 30.8. The summed E-state index contributed by atoms with van der Waals surface area (Å²) in [7, 11) is -8.10. The van der Waals surface area contributed by atoms with Gasteiger partial charge in [-0.25, -0.2) is 4.79 Å². The van der Waals surface area contributed by atoms with Gasteiger partial charge in [-0.15, -0.1) is 13.2 Å². The number of alkyl halides is 3. The zero-order chi connectivity index (χ0) is 38.2. The van der Waals surface area contributed by atoms with Gasteiger partial charge in [-0.1, -0.05) is 53.7 Å². The molecule has 0 spiro atoms. The van der Waals surface area contributed by atoms with Crippen LogP contribution in [0, 0.1) is 10.8 Å². The summed E-state index contributed by atoms with van der Waals surface area (Å²) in [6, 6.07) is 1.55. The lowest BCUT2D eigenvalue weighted by Crippen LogP contribution is -2.48. The number of amides is 1. The standard InChI is InChI=1S/C15H27NO2.C10H19N.C4H9F3O3SSi.2CO2/c1-8-11-9-10-12(14(2,3)4)16(11)13(17)18-15(5,6)7;1-5-8-6-7-9(11-8)10(2,3)4;1-12(2,3)10-11(8,9)4(5,6)7;2*2-1-3/h8,11-12H,1,9-10H2,2-7H3;5,8-9,11H,1,6-7H2,2-4H3;1-3H3;;/t11?,12-;8-,9-;;;/m00.../s1. The van der Waals surface area contributed by atoms with Crippen LogP contribution >= 0.6 is 0 Å². The summed E-state index contributed by atoms with van der Waals surface area (Å²) in [5, 5.41) is 3.56. The molecule has 1 N–H and O–H groups in total. The van der Waals surface area contributed by atoms with Crippen molar-refractivity contribution in [2.24, 2.45) is 10.8 Å². The zero-order valence-electron chi connectivity index (χ0n) is 29.9. The number of likely N-dealkylation sites (tertiary alicyclic amines) is 1. The fourth-order valence-corrected chi connectivity index (χ4v) is 7.52. The number of nitrogens with one attached hydrogen (secondary N) is 1. The third-order valence-electron chi connectivity index (χ3n) is 6.46. The minimum Gasteiger partial charge on any atom is -0.444 e. The second-order valence-corrected chi connectivity index (χ2v) is 21.2. The van der Waals surface area contributed by atoms with Crippen LogP contribution in [0.3, 0.4) is 0 Å². The highest BCUT2D eigenvalue weighted by Crippen LogP contribution is 2.37. The topological polar surface area (TPSA) is 153 Å². The molecule has 1 unspecified atom stereocenters. The molecule has 0 aromatic rings. The van der Waals surface area contributed by atoms with Crippen molar-refractivity contribution in [1.29, 1.82) is 0 Å². The highest BCUT2D eigenvalue weighted by Gasteiger charge is 2.49. The molecule has 274 valence electrons. The summed E-state index contributed by atoms with van der Waals surface area (Å²) >= 11 is 0. The number of halogens is 3. The molecule has 11 nitrogen and oxygen atoms in total. The average Bonchev–Trinajstić information content (AvgIpc) is 3.50. The molecule has 4 atom stereocenters. The van der Waals surface area contributed by atoms with E-state index in [-0.39, 0.29) is 35.9 Å². The van der Waals surface area contributed by atoms with Gasteiger partial charge in [-0.3, -0.25) is 4.90 Å². The third kappa shape index (κ3) is 21.1. The number of nitrogens with zero attached hydrogens (tertiary/aromatic N) is 1. The Bertz CT molecular complexity index is 1140. The van der Waals surface area contributed by atoms with Crippen molar-refractivity contribution in [2.45, 2.75) is 143 Å². The van der Waals surface area contributed by atoms with Crippen LogP contribution < -0.4 is 5.32 Å². The first-order valence-corrected chi connectivity index (χ1v) is 19.7. The van der Waals surface area contributed by atoms with E-state index in [2.05, 4.69) is 63.9 Å². The normalized spacial score (nSPS) is 21.3. The van der Waals surface area contributed by atoms with Gasteiger partial charge in [0, 0.05) is 18.1 Å². The quantitative estimate of drug-likeness (QED) is 0.186. The lowest BCUT2D eigenvalue weighted by atomic mass is 9.85. The van der Waals surface area contributed by atoms with E-state index in [4.69, 9.17) is 23.9 Å². The summed E-state index contributed by atoms with van der Waals surface area (Å²) in [5.41, 5.74) is -5.30. The van der Waals surface area contributed by atoms with Crippen LogP contribution in [0.2, 0.25) is 19.6 Å². The molecule has 2 aliphatic rings. The van der Waals surface area contributed by atoms with Crippen molar-refractivity contribution >= 4 is 36.8 Å².